The second kappa shape index (κ2) is 5.94. The lowest BCUT2D eigenvalue weighted by Gasteiger charge is -2.31. The van der Waals surface area contributed by atoms with Crippen LogP contribution in [0, 0.1) is 0 Å². The summed E-state index contributed by atoms with van der Waals surface area (Å²) in [4.78, 5) is 11.6. The highest BCUT2D eigenvalue weighted by Crippen LogP contribution is 2.51. The molecule has 2 aromatic rings. The average Bonchev–Trinajstić information content (AvgIpc) is 3.23. The van der Waals surface area contributed by atoms with Crippen LogP contribution in [-0.4, -0.2) is 17.9 Å². The Labute approximate surface area is 151 Å². The Balaban J connectivity index is 1.52. The first-order valence-electron chi connectivity index (χ1n) is 8.79. The van der Waals surface area contributed by atoms with Crippen molar-refractivity contribution < 1.29 is 19.0 Å². The molecule has 5 rings (SSSR count). The predicted molar refractivity (Wildman–Crippen MR) is 95.0 cm³/mol. The highest BCUT2D eigenvalue weighted by Gasteiger charge is 2.51. The highest BCUT2D eigenvalue weighted by molar-refractivity contribution is 5.86. The third-order valence-corrected chi connectivity index (χ3v) is 5.10. The van der Waals surface area contributed by atoms with Gasteiger partial charge in [-0.25, -0.2) is 4.79 Å². The van der Waals surface area contributed by atoms with Crippen molar-refractivity contribution >= 4 is 5.97 Å². The molecule has 3 atom stereocenters. The van der Waals surface area contributed by atoms with E-state index in [0.717, 1.165) is 16.7 Å². The zero-order chi connectivity index (χ0) is 17.6. The summed E-state index contributed by atoms with van der Waals surface area (Å²) in [6, 6.07) is 20.2. The first-order chi connectivity index (χ1) is 12.7. The number of hydrogen-bond donors (Lipinski definition) is 0. The van der Waals surface area contributed by atoms with Crippen molar-refractivity contribution in [3.05, 3.63) is 95.6 Å². The van der Waals surface area contributed by atoms with Crippen molar-refractivity contribution in [2.24, 2.45) is 0 Å². The van der Waals surface area contributed by atoms with Crippen molar-refractivity contribution in [1.82, 2.24) is 0 Å². The number of rotatable bonds is 2. The summed E-state index contributed by atoms with van der Waals surface area (Å²) in [6.07, 6.45) is 5.03. The van der Waals surface area contributed by atoms with Gasteiger partial charge in [0, 0.05) is 12.5 Å². The van der Waals surface area contributed by atoms with E-state index in [-0.39, 0.29) is 24.3 Å². The molecule has 0 radical (unpaired) electrons. The van der Waals surface area contributed by atoms with Gasteiger partial charge >= 0.3 is 5.97 Å². The summed E-state index contributed by atoms with van der Waals surface area (Å²) in [6.45, 7) is 0. The van der Waals surface area contributed by atoms with Gasteiger partial charge in [-0.2, -0.15) is 0 Å². The molecule has 0 N–H and O–H groups in total. The Morgan fingerprint density at radius 1 is 0.846 bits per heavy atom. The summed E-state index contributed by atoms with van der Waals surface area (Å²) >= 11 is 0. The quantitative estimate of drug-likeness (QED) is 0.771. The Bertz CT molecular complexity index is 837. The molecule has 0 amide bonds. The lowest BCUT2D eigenvalue weighted by Crippen LogP contribution is -2.36. The van der Waals surface area contributed by atoms with Crippen LogP contribution in [0.4, 0.5) is 0 Å². The molecule has 4 heteroatoms. The van der Waals surface area contributed by atoms with Crippen LogP contribution in [0.15, 0.2) is 84.5 Å². The predicted octanol–water partition coefficient (Wildman–Crippen LogP) is 4.02. The number of benzene rings is 2. The molecular formula is C22H18O4. The third kappa shape index (κ3) is 2.59. The van der Waals surface area contributed by atoms with E-state index in [1.807, 2.05) is 48.6 Å². The van der Waals surface area contributed by atoms with E-state index in [0.29, 0.717) is 6.42 Å². The van der Waals surface area contributed by atoms with Crippen molar-refractivity contribution in [3.63, 3.8) is 0 Å². The van der Waals surface area contributed by atoms with Gasteiger partial charge in [-0.3, -0.25) is 0 Å². The normalized spacial score (nSPS) is 28.7. The number of carbonyl (C=O) groups is 1. The van der Waals surface area contributed by atoms with Crippen LogP contribution < -0.4 is 0 Å². The van der Waals surface area contributed by atoms with E-state index in [1.165, 1.54) is 6.08 Å². The van der Waals surface area contributed by atoms with Crippen LogP contribution in [0.3, 0.4) is 0 Å². The van der Waals surface area contributed by atoms with Gasteiger partial charge in [0.05, 0.1) is 0 Å². The van der Waals surface area contributed by atoms with Gasteiger partial charge in [0.15, 0.2) is 5.79 Å². The fourth-order valence-electron chi connectivity index (χ4n) is 3.86. The van der Waals surface area contributed by atoms with Crippen LogP contribution in [-0.2, 0) is 19.0 Å². The van der Waals surface area contributed by atoms with E-state index in [2.05, 4.69) is 24.3 Å². The zero-order valence-electron chi connectivity index (χ0n) is 14.1. The Morgan fingerprint density at radius 3 is 2.00 bits per heavy atom. The SMILES string of the molecule is O=C1C=C2C=CC3(C[C@H]2O1)O[C@H](c1ccccc1)[C@@H](c1ccccc1)O3. The lowest BCUT2D eigenvalue weighted by atomic mass is 9.95. The van der Waals surface area contributed by atoms with Crippen molar-refractivity contribution in [3.8, 4) is 0 Å². The van der Waals surface area contributed by atoms with Gasteiger partial charge < -0.3 is 14.2 Å². The van der Waals surface area contributed by atoms with Crippen molar-refractivity contribution in [2.45, 2.75) is 30.5 Å². The topological polar surface area (TPSA) is 44.8 Å². The molecule has 1 aliphatic carbocycles. The maximum atomic E-state index is 11.6. The zero-order valence-corrected chi connectivity index (χ0v) is 14.1. The minimum absolute atomic E-state index is 0.231. The molecule has 1 saturated heterocycles. The van der Waals surface area contributed by atoms with Crippen LogP contribution >= 0.6 is 0 Å². The Morgan fingerprint density at radius 2 is 1.42 bits per heavy atom. The molecule has 26 heavy (non-hydrogen) atoms. The van der Waals surface area contributed by atoms with Gasteiger partial charge in [-0.1, -0.05) is 66.7 Å². The Hall–Kier alpha value is -2.69. The smallest absolute Gasteiger partial charge is 0.331 e. The highest BCUT2D eigenvalue weighted by atomic mass is 16.8. The number of carbonyl (C=O) groups excluding carboxylic acids is 1. The second-order valence-corrected chi connectivity index (χ2v) is 6.82. The summed E-state index contributed by atoms with van der Waals surface area (Å²) < 4.78 is 18.3. The largest absolute Gasteiger partial charge is 0.454 e. The molecule has 4 nitrogen and oxygen atoms in total. The van der Waals surface area contributed by atoms with Gasteiger partial charge in [0.1, 0.15) is 18.3 Å². The molecule has 0 unspecified atom stereocenters. The monoisotopic (exact) mass is 346 g/mol. The van der Waals surface area contributed by atoms with Crippen molar-refractivity contribution in [1.29, 1.82) is 0 Å². The molecule has 0 aromatic heterocycles. The first kappa shape index (κ1) is 15.6. The van der Waals surface area contributed by atoms with E-state index < -0.39 is 5.79 Å². The average molecular weight is 346 g/mol. The molecule has 0 bridgehead atoms. The number of ether oxygens (including phenoxy) is 3. The van der Waals surface area contributed by atoms with Crippen LogP contribution in [0.1, 0.15) is 29.8 Å². The molecule has 130 valence electrons. The molecule has 2 aromatic carbocycles. The fourth-order valence-corrected chi connectivity index (χ4v) is 3.86. The van der Waals surface area contributed by atoms with Crippen molar-refractivity contribution in [2.75, 3.05) is 0 Å². The fraction of sp³-hybridized carbons (Fsp3) is 0.227. The van der Waals surface area contributed by atoms with Crippen LogP contribution in [0.2, 0.25) is 0 Å². The maximum Gasteiger partial charge on any atom is 0.331 e. The molecule has 2 heterocycles. The molecule has 1 spiro atoms. The van der Waals surface area contributed by atoms with Gasteiger partial charge in [0.25, 0.3) is 0 Å². The van der Waals surface area contributed by atoms with Gasteiger partial charge in [-0.15, -0.1) is 0 Å². The lowest BCUT2D eigenvalue weighted by molar-refractivity contribution is -0.166. The number of esters is 1. The standard InChI is InChI=1S/C22H18O4/c23-19-13-17-11-12-22(14-18(17)24-19)25-20(15-7-3-1-4-8-15)21(26-22)16-9-5-2-6-10-16/h1-13,18,20-21H,14H2/t18-,20-,21-/m1/s1. The second-order valence-electron chi connectivity index (χ2n) is 6.82. The molecule has 0 saturated carbocycles. The molecule has 3 aliphatic rings. The summed E-state index contributed by atoms with van der Waals surface area (Å²) in [7, 11) is 0. The Kier molecular flexibility index (Phi) is 3.55. The minimum Gasteiger partial charge on any atom is -0.454 e. The van der Waals surface area contributed by atoms with E-state index in [9.17, 15) is 4.79 Å². The van der Waals surface area contributed by atoms with Gasteiger partial charge in [-0.05, 0) is 22.8 Å². The first-order valence-corrected chi connectivity index (χ1v) is 8.79. The van der Waals surface area contributed by atoms with Crippen LogP contribution in [0.25, 0.3) is 0 Å². The third-order valence-electron chi connectivity index (χ3n) is 5.10. The maximum absolute atomic E-state index is 11.6. The van der Waals surface area contributed by atoms with E-state index in [1.54, 1.807) is 0 Å². The number of hydrogen-bond acceptors (Lipinski definition) is 4. The minimum atomic E-state index is -0.895. The van der Waals surface area contributed by atoms with E-state index >= 15 is 0 Å². The van der Waals surface area contributed by atoms with E-state index in [4.69, 9.17) is 14.2 Å². The van der Waals surface area contributed by atoms with Gasteiger partial charge in [0.2, 0.25) is 0 Å². The summed E-state index contributed by atoms with van der Waals surface area (Å²) in [5, 5.41) is 0. The summed E-state index contributed by atoms with van der Waals surface area (Å²) in [5.74, 6) is -1.20. The number of fused-ring (bicyclic) bond motifs is 1. The molecular weight excluding hydrogens is 328 g/mol. The summed E-state index contributed by atoms with van der Waals surface area (Å²) in [5.41, 5.74) is 3.01. The van der Waals surface area contributed by atoms with Crippen LogP contribution in [0.5, 0.6) is 0 Å². The molecule has 1 fully saturated rings. The molecule has 2 aliphatic heterocycles.